The van der Waals surface area contributed by atoms with Crippen LogP contribution >= 0.6 is 31.9 Å². The fourth-order valence-electron chi connectivity index (χ4n) is 1.60. The van der Waals surface area contributed by atoms with Gasteiger partial charge in [0.05, 0.1) is 8.31 Å². The Labute approximate surface area is 139 Å². The predicted molar refractivity (Wildman–Crippen MR) is 91.3 cm³/mol. The summed E-state index contributed by atoms with van der Waals surface area (Å²) in [4.78, 5) is 10.1. The maximum Gasteiger partial charge on any atom is 0.269 e. The molecule has 0 heterocycles. The van der Waals surface area contributed by atoms with Crippen molar-refractivity contribution in [3.63, 3.8) is 0 Å². The fourth-order valence-corrected chi connectivity index (χ4v) is 2.13. The number of benzene rings is 2. The standard InChI is InChI=1S/C16H9Br2NO2/c17-16(18)11-14-5-3-12(4-6-14)1-2-13-7-9-15(10-8-13)19(20)21/h3-11H. The van der Waals surface area contributed by atoms with Gasteiger partial charge in [-0.05, 0) is 67.8 Å². The average Bonchev–Trinajstić information content (AvgIpc) is 2.46. The van der Waals surface area contributed by atoms with E-state index in [4.69, 9.17) is 0 Å². The van der Waals surface area contributed by atoms with Gasteiger partial charge in [-0.15, -0.1) is 0 Å². The molecular weight excluding hydrogens is 398 g/mol. The summed E-state index contributed by atoms with van der Waals surface area (Å²) >= 11 is 6.62. The Kier molecular flexibility index (Phi) is 5.32. The maximum atomic E-state index is 10.6. The van der Waals surface area contributed by atoms with Crippen LogP contribution in [0.2, 0.25) is 0 Å². The first-order valence-corrected chi connectivity index (χ1v) is 7.52. The van der Waals surface area contributed by atoms with Crippen LogP contribution in [0.4, 0.5) is 5.69 Å². The summed E-state index contributed by atoms with van der Waals surface area (Å²) in [6.45, 7) is 0. The summed E-state index contributed by atoms with van der Waals surface area (Å²) in [7, 11) is 0. The van der Waals surface area contributed by atoms with E-state index in [9.17, 15) is 10.1 Å². The van der Waals surface area contributed by atoms with Crippen molar-refractivity contribution in [3.05, 3.63) is 78.7 Å². The lowest BCUT2D eigenvalue weighted by molar-refractivity contribution is -0.384. The van der Waals surface area contributed by atoms with Gasteiger partial charge in [0.25, 0.3) is 5.69 Å². The third-order valence-electron chi connectivity index (χ3n) is 2.62. The topological polar surface area (TPSA) is 43.1 Å². The average molecular weight is 407 g/mol. The molecule has 0 spiro atoms. The van der Waals surface area contributed by atoms with E-state index >= 15 is 0 Å². The number of nitro groups is 1. The van der Waals surface area contributed by atoms with Gasteiger partial charge < -0.3 is 0 Å². The molecule has 3 nitrogen and oxygen atoms in total. The van der Waals surface area contributed by atoms with Crippen LogP contribution in [0.5, 0.6) is 0 Å². The molecule has 0 fully saturated rings. The molecule has 21 heavy (non-hydrogen) atoms. The van der Waals surface area contributed by atoms with Crippen LogP contribution < -0.4 is 0 Å². The number of halogens is 2. The Morgan fingerprint density at radius 3 is 1.86 bits per heavy atom. The molecule has 0 aromatic heterocycles. The molecule has 0 unspecified atom stereocenters. The predicted octanol–water partition coefficient (Wildman–Crippen LogP) is 5.08. The van der Waals surface area contributed by atoms with Crippen molar-refractivity contribution in [2.75, 3.05) is 0 Å². The van der Waals surface area contributed by atoms with Crippen LogP contribution in [-0.4, -0.2) is 4.92 Å². The normalized spacial score (nSPS) is 9.43. The molecule has 0 aliphatic heterocycles. The highest BCUT2D eigenvalue weighted by molar-refractivity contribution is 9.28. The molecule has 2 rings (SSSR count). The molecule has 0 saturated carbocycles. The molecule has 0 amide bonds. The Bertz CT molecular complexity index is 735. The van der Waals surface area contributed by atoms with Crippen LogP contribution in [0.3, 0.4) is 0 Å². The lowest BCUT2D eigenvalue weighted by Gasteiger charge is -1.94. The third kappa shape index (κ3) is 4.85. The second-order valence-corrected chi connectivity index (χ2v) is 6.88. The highest BCUT2D eigenvalue weighted by Gasteiger charge is 2.02. The van der Waals surface area contributed by atoms with Crippen LogP contribution in [0.15, 0.2) is 51.9 Å². The van der Waals surface area contributed by atoms with Crippen molar-refractivity contribution in [1.82, 2.24) is 0 Å². The van der Waals surface area contributed by atoms with Gasteiger partial charge in [0.2, 0.25) is 0 Å². The number of non-ortho nitro benzene ring substituents is 1. The van der Waals surface area contributed by atoms with Gasteiger partial charge in [-0.1, -0.05) is 24.0 Å². The zero-order valence-corrected chi connectivity index (χ0v) is 13.9. The Balaban J connectivity index is 2.15. The van der Waals surface area contributed by atoms with Crippen molar-refractivity contribution < 1.29 is 4.92 Å². The molecule has 0 saturated heterocycles. The zero-order chi connectivity index (χ0) is 15.2. The van der Waals surface area contributed by atoms with Crippen molar-refractivity contribution in [2.24, 2.45) is 0 Å². The summed E-state index contributed by atoms with van der Waals surface area (Å²) in [5.74, 6) is 6.01. The summed E-state index contributed by atoms with van der Waals surface area (Å²) in [5, 5.41) is 10.6. The van der Waals surface area contributed by atoms with Gasteiger partial charge in [0.15, 0.2) is 0 Å². The molecule has 2 aromatic rings. The number of hydrogen-bond acceptors (Lipinski definition) is 2. The minimum Gasteiger partial charge on any atom is -0.258 e. The molecule has 0 aliphatic rings. The fraction of sp³-hybridized carbons (Fsp3) is 0. The Morgan fingerprint density at radius 1 is 0.952 bits per heavy atom. The monoisotopic (exact) mass is 405 g/mol. The van der Waals surface area contributed by atoms with E-state index in [0.29, 0.717) is 0 Å². The highest BCUT2D eigenvalue weighted by atomic mass is 79.9. The van der Waals surface area contributed by atoms with Crippen LogP contribution in [-0.2, 0) is 0 Å². The largest absolute Gasteiger partial charge is 0.269 e. The van der Waals surface area contributed by atoms with Crippen LogP contribution in [0.25, 0.3) is 6.08 Å². The lowest BCUT2D eigenvalue weighted by Crippen LogP contribution is -1.86. The summed E-state index contributed by atoms with van der Waals surface area (Å²) < 4.78 is 0.875. The third-order valence-corrected chi connectivity index (χ3v) is 3.07. The minimum atomic E-state index is -0.425. The molecule has 104 valence electrons. The van der Waals surface area contributed by atoms with Crippen molar-refractivity contribution in [3.8, 4) is 11.8 Å². The quantitative estimate of drug-likeness (QED) is 0.396. The number of nitrogens with zero attached hydrogens (tertiary/aromatic N) is 1. The minimum absolute atomic E-state index is 0.0667. The summed E-state index contributed by atoms with van der Waals surface area (Å²) in [6, 6.07) is 14.0. The van der Waals surface area contributed by atoms with E-state index in [2.05, 4.69) is 43.7 Å². The molecule has 0 radical (unpaired) electrons. The molecular formula is C16H9Br2NO2. The van der Waals surface area contributed by atoms with Crippen LogP contribution in [0.1, 0.15) is 16.7 Å². The first-order valence-electron chi connectivity index (χ1n) is 5.94. The van der Waals surface area contributed by atoms with Gasteiger partial charge in [-0.3, -0.25) is 10.1 Å². The van der Waals surface area contributed by atoms with Crippen molar-refractivity contribution in [1.29, 1.82) is 0 Å². The molecule has 2 aromatic carbocycles. The molecule has 5 heteroatoms. The van der Waals surface area contributed by atoms with Gasteiger partial charge in [-0.25, -0.2) is 0 Å². The van der Waals surface area contributed by atoms with Gasteiger partial charge >= 0.3 is 0 Å². The first-order chi connectivity index (χ1) is 10.0. The molecule has 0 N–H and O–H groups in total. The summed E-state index contributed by atoms with van der Waals surface area (Å²) in [5.41, 5.74) is 2.75. The highest BCUT2D eigenvalue weighted by Crippen LogP contribution is 2.18. The molecule has 0 bridgehead atoms. The molecule has 0 atom stereocenters. The van der Waals surface area contributed by atoms with E-state index in [1.165, 1.54) is 12.1 Å². The van der Waals surface area contributed by atoms with E-state index < -0.39 is 4.92 Å². The molecule has 0 aliphatic carbocycles. The lowest BCUT2D eigenvalue weighted by atomic mass is 10.1. The SMILES string of the molecule is O=[N+]([O-])c1ccc(C#Cc2ccc(C=C(Br)Br)cc2)cc1. The van der Waals surface area contributed by atoms with Gasteiger partial charge in [-0.2, -0.15) is 0 Å². The number of rotatable bonds is 2. The smallest absolute Gasteiger partial charge is 0.258 e. The van der Waals surface area contributed by atoms with Gasteiger partial charge in [0, 0.05) is 23.3 Å². The van der Waals surface area contributed by atoms with Crippen molar-refractivity contribution >= 4 is 43.6 Å². The van der Waals surface area contributed by atoms with E-state index in [-0.39, 0.29) is 5.69 Å². The Morgan fingerprint density at radius 2 is 1.43 bits per heavy atom. The van der Waals surface area contributed by atoms with E-state index in [1.54, 1.807) is 12.1 Å². The Hall–Kier alpha value is -1.90. The van der Waals surface area contributed by atoms with Crippen LogP contribution in [0, 0.1) is 22.0 Å². The number of nitro benzene ring substituents is 1. The number of hydrogen-bond donors (Lipinski definition) is 0. The first kappa shape index (κ1) is 15.5. The second kappa shape index (κ2) is 7.21. The van der Waals surface area contributed by atoms with Gasteiger partial charge in [0.1, 0.15) is 0 Å². The second-order valence-electron chi connectivity index (χ2n) is 4.11. The van der Waals surface area contributed by atoms with E-state index in [1.807, 2.05) is 30.3 Å². The maximum absolute atomic E-state index is 10.6. The van der Waals surface area contributed by atoms with Crippen molar-refractivity contribution in [2.45, 2.75) is 0 Å². The zero-order valence-electron chi connectivity index (χ0n) is 10.7. The summed E-state index contributed by atoms with van der Waals surface area (Å²) in [6.07, 6.45) is 1.94. The van der Waals surface area contributed by atoms with E-state index in [0.717, 1.165) is 20.1 Å².